The third kappa shape index (κ3) is 4.80. The van der Waals surface area contributed by atoms with Crippen molar-refractivity contribution in [3.05, 3.63) is 71.9 Å². The summed E-state index contributed by atoms with van der Waals surface area (Å²) in [5, 5.41) is 20.5. The molecule has 8 heteroatoms. The number of fused-ring (bicyclic) bond motifs is 1. The Bertz CT molecular complexity index is 1250. The number of carbonyl (C=O) groups is 1. The van der Waals surface area contributed by atoms with Crippen LogP contribution in [-0.2, 0) is 6.42 Å². The zero-order valence-corrected chi connectivity index (χ0v) is 17.9. The fourth-order valence-corrected chi connectivity index (χ4v) is 3.55. The summed E-state index contributed by atoms with van der Waals surface area (Å²) in [5.74, 6) is 0.331. The van der Waals surface area contributed by atoms with Gasteiger partial charge in [0.05, 0.1) is 11.8 Å². The molecule has 2 aromatic carbocycles. The summed E-state index contributed by atoms with van der Waals surface area (Å²) >= 11 is 0. The molecule has 0 radical (unpaired) electrons. The summed E-state index contributed by atoms with van der Waals surface area (Å²) in [5.41, 5.74) is 10.1. The lowest BCUT2D eigenvalue weighted by Gasteiger charge is -2.13. The Kier molecular flexibility index (Phi) is 6.21. The third-order valence-corrected chi connectivity index (χ3v) is 5.14. The molecule has 4 rings (SSSR count). The average molecular weight is 431 g/mol. The first-order valence-electron chi connectivity index (χ1n) is 10.6. The molecule has 4 aromatic rings. The number of unbranched alkanes of at least 4 members (excludes halogenated alkanes) is 2. The van der Waals surface area contributed by atoms with Crippen LogP contribution in [0.5, 0.6) is 0 Å². The number of carboxylic acid groups (broad SMARTS) is 1. The van der Waals surface area contributed by atoms with E-state index in [1.807, 2.05) is 42.6 Å². The molecule has 32 heavy (non-hydrogen) atoms. The van der Waals surface area contributed by atoms with Crippen LogP contribution in [0.4, 0.5) is 28.7 Å². The Morgan fingerprint density at radius 2 is 1.84 bits per heavy atom. The number of nitrogens with zero attached hydrogens (tertiary/aromatic N) is 3. The zero-order chi connectivity index (χ0) is 22.5. The summed E-state index contributed by atoms with van der Waals surface area (Å²) in [6, 6.07) is 16.0. The largest absolute Gasteiger partial charge is 0.478 e. The number of nitrogens with two attached hydrogens (primary N) is 1. The topological polar surface area (TPSA) is 118 Å². The van der Waals surface area contributed by atoms with Crippen molar-refractivity contribution in [2.45, 2.75) is 32.6 Å². The van der Waals surface area contributed by atoms with Gasteiger partial charge in [-0.15, -0.1) is 0 Å². The summed E-state index contributed by atoms with van der Waals surface area (Å²) in [7, 11) is 0. The number of rotatable bonds is 9. The van der Waals surface area contributed by atoms with Crippen molar-refractivity contribution < 1.29 is 9.90 Å². The summed E-state index contributed by atoms with van der Waals surface area (Å²) in [6.07, 6.45) is 6.09. The number of anilines is 5. The number of aromatic nitrogens is 3. The number of aryl methyl sites for hydroxylation is 1. The molecule has 0 aliphatic heterocycles. The number of nitrogen functional groups attached to an aromatic ring is 1. The van der Waals surface area contributed by atoms with E-state index in [0.29, 0.717) is 23.0 Å². The van der Waals surface area contributed by atoms with Crippen LogP contribution in [0.3, 0.4) is 0 Å². The van der Waals surface area contributed by atoms with Gasteiger partial charge in [-0.05, 0) is 49.2 Å². The zero-order valence-electron chi connectivity index (χ0n) is 17.9. The molecule has 2 aromatic heterocycles. The fraction of sp³-hybridized carbons (Fsp3) is 0.208. The van der Waals surface area contributed by atoms with Crippen LogP contribution in [0, 0.1) is 0 Å². The van der Waals surface area contributed by atoms with Crippen molar-refractivity contribution >= 4 is 40.3 Å². The van der Waals surface area contributed by atoms with E-state index in [4.69, 9.17) is 10.7 Å². The van der Waals surface area contributed by atoms with Crippen LogP contribution in [-0.4, -0.2) is 25.7 Å². The minimum atomic E-state index is -0.977. The summed E-state index contributed by atoms with van der Waals surface area (Å²) in [4.78, 5) is 16.2. The predicted octanol–water partition coefficient (Wildman–Crippen LogP) is 5.23. The van der Waals surface area contributed by atoms with Gasteiger partial charge >= 0.3 is 5.97 Å². The maximum atomic E-state index is 11.4. The van der Waals surface area contributed by atoms with E-state index in [0.717, 1.165) is 42.6 Å². The second kappa shape index (κ2) is 9.38. The maximum Gasteiger partial charge on any atom is 0.335 e. The molecule has 0 fully saturated rings. The second-order valence-corrected chi connectivity index (χ2v) is 7.65. The molecule has 0 saturated heterocycles. The van der Waals surface area contributed by atoms with E-state index < -0.39 is 5.97 Å². The maximum absolute atomic E-state index is 11.4. The first kappa shape index (κ1) is 21.2. The van der Waals surface area contributed by atoms with Gasteiger partial charge in [-0.25, -0.2) is 9.78 Å². The van der Waals surface area contributed by atoms with Crippen molar-refractivity contribution in [3.63, 3.8) is 0 Å². The number of carboxylic acids is 1. The van der Waals surface area contributed by atoms with E-state index in [1.165, 1.54) is 0 Å². The minimum absolute atomic E-state index is 0.208. The summed E-state index contributed by atoms with van der Waals surface area (Å²) < 4.78 is 1.75. The van der Waals surface area contributed by atoms with Crippen LogP contribution in [0.25, 0.3) is 5.65 Å². The van der Waals surface area contributed by atoms with Crippen molar-refractivity contribution in [3.8, 4) is 0 Å². The lowest BCUT2D eigenvalue weighted by molar-refractivity contribution is 0.0697. The van der Waals surface area contributed by atoms with Gasteiger partial charge in [0, 0.05) is 28.7 Å². The molecule has 0 atom stereocenters. The van der Waals surface area contributed by atoms with Gasteiger partial charge < -0.3 is 21.5 Å². The van der Waals surface area contributed by atoms with Gasteiger partial charge in [-0.1, -0.05) is 31.9 Å². The number of aromatic carboxylic acids is 1. The molecule has 5 N–H and O–H groups in total. The first-order valence-corrected chi connectivity index (χ1v) is 10.6. The van der Waals surface area contributed by atoms with Gasteiger partial charge in [0.25, 0.3) is 0 Å². The average Bonchev–Trinajstić information content (AvgIpc) is 3.17. The van der Waals surface area contributed by atoms with E-state index in [2.05, 4.69) is 22.7 Å². The van der Waals surface area contributed by atoms with E-state index in [-0.39, 0.29) is 5.56 Å². The number of nitrogens with one attached hydrogen (secondary N) is 2. The quantitative estimate of drug-likeness (QED) is 0.212. The molecule has 0 bridgehead atoms. The van der Waals surface area contributed by atoms with Crippen molar-refractivity contribution in [2.24, 2.45) is 0 Å². The molecule has 8 nitrogen and oxygen atoms in total. The van der Waals surface area contributed by atoms with E-state index in [9.17, 15) is 9.90 Å². The monoisotopic (exact) mass is 430 g/mol. The lowest BCUT2D eigenvalue weighted by Crippen LogP contribution is -2.05. The highest BCUT2D eigenvalue weighted by molar-refractivity contribution is 5.89. The molecular formula is C24H26N6O2. The normalized spacial score (nSPS) is 10.9. The minimum Gasteiger partial charge on any atom is -0.478 e. The molecule has 2 heterocycles. The molecule has 0 saturated carbocycles. The number of hydrogen-bond donors (Lipinski definition) is 4. The Morgan fingerprint density at radius 1 is 1.06 bits per heavy atom. The fourth-order valence-electron chi connectivity index (χ4n) is 3.55. The Hall–Kier alpha value is -4.07. The molecular weight excluding hydrogens is 404 g/mol. The van der Waals surface area contributed by atoms with Crippen LogP contribution in [0.15, 0.2) is 60.8 Å². The summed E-state index contributed by atoms with van der Waals surface area (Å²) in [6.45, 7) is 2.18. The second-order valence-electron chi connectivity index (χ2n) is 7.65. The Labute approximate surface area is 186 Å². The SMILES string of the molecule is CCCCCc1cnn2c(Nc3cccc(C(=O)O)c3)cc(Nc3cccc(N)c3)nc12. The van der Waals surface area contributed by atoms with Gasteiger partial charge in [-0.3, -0.25) is 0 Å². The molecule has 164 valence electrons. The van der Waals surface area contributed by atoms with Crippen LogP contribution in [0.1, 0.15) is 42.1 Å². The van der Waals surface area contributed by atoms with Crippen LogP contribution >= 0.6 is 0 Å². The smallest absolute Gasteiger partial charge is 0.335 e. The Balaban J connectivity index is 1.73. The van der Waals surface area contributed by atoms with Crippen LogP contribution < -0.4 is 16.4 Å². The van der Waals surface area contributed by atoms with Gasteiger partial charge in [0.2, 0.25) is 0 Å². The molecule has 0 aliphatic rings. The molecule has 0 amide bonds. The molecule has 0 aliphatic carbocycles. The van der Waals surface area contributed by atoms with Gasteiger partial charge in [0.1, 0.15) is 11.6 Å². The van der Waals surface area contributed by atoms with Gasteiger partial charge in [0.15, 0.2) is 5.65 Å². The predicted molar refractivity (Wildman–Crippen MR) is 127 cm³/mol. The highest BCUT2D eigenvalue weighted by Crippen LogP contribution is 2.26. The van der Waals surface area contributed by atoms with Crippen molar-refractivity contribution in [1.29, 1.82) is 0 Å². The number of hydrogen-bond acceptors (Lipinski definition) is 6. The number of benzene rings is 2. The van der Waals surface area contributed by atoms with Crippen molar-refractivity contribution in [1.82, 2.24) is 14.6 Å². The van der Waals surface area contributed by atoms with Crippen molar-refractivity contribution in [2.75, 3.05) is 16.4 Å². The van der Waals surface area contributed by atoms with Gasteiger partial charge in [-0.2, -0.15) is 9.61 Å². The standard InChI is InChI=1S/C24H26N6O2/c1-2-3-4-7-17-15-26-30-22(28-19-10-5-8-16(12-19)24(31)32)14-21(29-23(17)30)27-20-11-6-9-18(25)13-20/h5-6,8-15,28H,2-4,7,25H2,1H3,(H,27,29)(H,31,32). The lowest BCUT2D eigenvalue weighted by atomic mass is 10.1. The highest BCUT2D eigenvalue weighted by atomic mass is 16.4. The molecule has 0 unspecified atom stereocenters. The van der Waals surface area contributed by atoms with E-state index in [1.54, 1.807) is 22.7 Å². The highest BCUT2D eigenvalue weighted by Gasteiger charge is 2.13. The van der Waals surface area contributed by atoms with Crippen LogP contribution in [0.2, 0.25) is 0 Å². The third-order valence-electron chi connectivity index (χ3n) is 5.14. The molecule has 0 spiro atoms. The Morgan fingerprint density at radius 3 is 2.59 bits per heavy atom. The van der Waals surface area contributed by atoms with E-state index >= 15 is 0 Å². The first-order chi connectivity index (χ1) is 15.5.